The number of hydrogen-bond acceptors (Lipinski definition) is 6. The van der Waals surface area contributed by atoms with Crippen molar-refractivity contribution in [3.63, 3.8) is 0 Å². The van der Waals surface area contributed by atoms with Crippen LogP contribution in [-0.2, 0) is 11.3 Å². The molecular formula is C23H22N4O4. The van der Waals surface area contributed by atoms with E-state index in [4.69, 9.17) is 4.52 Å². The lowest BCUT2D eigenvalue weighted by atomic mass is 10.1. The van der Waals surface area contributed by atoms with Crippen LogP contribution >= 0.6 is 0 Å². The van der Waals surface area contributed by atoms with Crippen LogP contribution in [0.1, 0.15) is 46.0 Å². The van der Waals surface area contributed by atoms with Gasteiger partial charge in [-0.3, -0.25) is 19.3 Å². The molecule has 0 bridgehead atoms. The number of imide groups is 1. The Hall–Kier alpha value is -3.81. The SMILES string of the molecule is Cc1ccc(-c2noc(CN(C(=O)CN3C(=O)c4ccccc4C3=O)C(C)C)n2)cc1. The average Bonchev–Trinajstić information content (AvgIpc) is 3.32. The highest BCUT2D eigenvalue weighted by Gasteiger charge is 2.37. The minimum Gasteiger partial charge on any atom is -0.337 e. The van der Waals surface area contributed by atoms with E-state index in [1.165, 1.54) is 4.90 Å². The van der Waals surface area contributed by atoms with Crippen LogP contribution in [0.3, 0.4) is 0 Å². The van der Waals surface area contributed by atoms with Crippen molar-refractivity contribution in [2.24, 2.45) is 0 Å². The van der Waals surface area contributed by atoms with Crippen molar-refractivity contribution in [2.45, 2.75) is 33.4 Å². The third-order valence-electron chi connectivity index (χ3n) is 5.20. The van der Waals surface area contributed by atoms with E-state index in [1.807, 2.05) is 45.0 Å². The van der Waals surface area contributed by atoms with Crippen molar-refractivity contribution in [1.82, 2.24) is 19.9 Å². The van der Waals surface area contributed by atoms with Gasteiger partial charge in [0.1, 0.15) is 13.1 Å². The maximum absolute atomic E-state index is 13.0. The maximum atomic E-state index is 13.0. The van der Waals surface area contributed by atoms with Crippen LogP contribution in [0.2, 0.25) is 0 Å². The summed E-state index contributed by atoms with van der Waals surface area (Å²) in [7, 11) is 0. The number of carbonyl (C=O) groups is 3. The molecule has 4 rings (SSSR count). The van der Waals surface area contributed by atoms with E-state index in [1.54, 1.807) is 24.3 Å². The van der Waals surface area contributed by atoms with Crippen LogP contribution in [0.15, 0.2) is 53.1 Å². The normalized spacial score (nSPS) is 13.1. The maximum Gasteiger partial charge on any atom is 0.262 e. The monoisotopic (exact) mass is 418 g/mol. The first-order chi connectivity index (χ1) is 14.8. The molecule has 1 aliphatic heterocycles. The second kappa shape index (κ2) is 8.14. The van der Waals surface area contributed by atoms with Crippen molar-refractivity contribution in [3.8, 4) is 11.4 Å². The van der Waals surface area contributed by atoms with Crippen molar-refractivity contribution >= 4 is 17.7 Å². The molecule has 8 heteroatoms. The number of fused-ring (bicyclic) bond motifs is 1. The second-order valence-corrected chi connectivity index (χ2v) is 7.74. The fraction of sp³-hybridized carbons (Fsp3) is 0.261. The largest absolute Gasteiger partial charge is 0.337 e. The van der Waals surface area contributed by atoms with Crippen molar-refractivity contribution in [3.05, 3.63) is 71.1 Å². The summed E-state index contributed by atoms with van der Waals surface area (Å²) in [5, 5.41) is 4.00. The second-order valence-electron chi connectivity index (χ2n) is 7.74. The van der Waals surface area contributed by atoms with Gasteiger partial charge in [-0.25, -0.2) is 0 Å². The van der Waals surface area contributed by atoms with E-state index >= 15 is 0 Å². The number of amides is 3. The van der Waals surface area contributed by atoms with E-state index in [0.717, 1.165) is 16.0 Å². The molecule has 158 valence electrons. The van der Waals surface area contributed by atoms with E-state index < -0.39 is 11.8 Å². The Morgan fingerprint density at radius 3 is 2.23 bits per heavy atom. The van der Waals surface area contributed by atoms with Gasteiger partial charge in [-0.2, -0.15) is 4.98 Å². The number of carbonyl (C=O) groups excluding carboxylic acids is 3. The van der Waals surface area contributed by atoms with Crippen LogP contribution in [0, 0.1) is 6.92 Å². The summed E-state index contributed by atoms with van der Waals surface area (Å²) in [5.41, 5.74) is 2.57. The Labute approximate surface area is 179 Å². The molecule has 0 spiro atoms. The number of benzene rings is 2. The highest BCUT2D eigenvalue weighted by molar-refractivity contribution is 6.22. The zero-order chi connectivity index (χ0) is 22.1. The Kier molecular flexibility index (Phi) is 5.37. The minimum atomic E-state index is -0.461. The molecule has 1 aromatic heterocycles. The highest BCUT2D eigenvalue weighted by Crippen LogP contribution is 2.23. The standard InChI is InChI=1S/C23H22N4O4/c1-14(2)26(12-19-24-21(25-31-19)16-10-8-15(3)9-11-16)20(28)13-27-22(29)17-6-4-5-7-18(17)23(27)30/h4-11,14H,12-13H2,1-3H3. The summed E-state index contributed by atoms with van der Waals surface area (Å²) >= 11 is 0. The first-order valence-electron chi connectivity index (χ1n) is 9.99. The van der Waals surface area contributed by atoms with Gasteiger partial charge >= 0.3 is 0 Å². The molecular weight excluding hydrogens is 396 g/mol. The molecule has 0 aliphatic carbocycles. The lowest BCUT2D eigenvalue weighted by Gasteiger charge is -2.27. The van der Waals surface area contributed by atoms with Crippen molar-refractivity contribution in [1.29, 1.82) is 0 Å². The minimum absolute atomic E-state index is 0.0819. The summed E-state index contributed by atoms with van der Waals surface area (Å²) in [5.74, 6) is -0.583. The van der Waals surface area contributed by atoms with Gasteiger partial charge in [0.25, 0.3) is 11.8 Å². The summed E-state index contributed by atoms with van der Waals surface area (Å²) in [6.45, 7) is 5.42. The first kappa shape index (κ1) is 20.5. The van der Waals surface area contributed by atoms with E-state index in [9.17, 15) is 14.4 Å². The Morgan fingerprint density at radius 2 is 1.65 bits per heavy atom. The summed E-state index contributed by atoms with van der Waals surface area (Å²) in [6.07, 6.45) is 0. The molecule has 0 fully saturated rings. The topological polar surface area (TPSA) is 96.6 Å². The number of rotatable bonds is 6. The lowest BCUT2D eigenvalue weighted by molar-refractivity contribution is -0.134. The van der Waals surface area contributed by atoms with E-state index in [0.29, 0.717) is 17.0 Å². The van der Waals surface area contributed by atoms with Crippen LogP contribution in [-0.4, -0.2) is 50.2 Å². The molecule has 8 nitrogen and oxygen atoms in total. The predicted molar refractivity (Wildman–Crippen MR) is 112 cm³/mol. The fourth-order valence-electron chi connectivity index (χ4n) is 3.45. The molecule has 0 N–H and O–H groups in total. The zero-order valence-electron chi connectivity index (χ0n) is 17.5. The van der Waals surface area contributed by atoms with Crippen LogP contribution < -0.4 is 0 Å². The van der Waals surface area contributed by atoms with E-state index in [-0.39, 0.29) is 30.9 Å². The van der Waals surface area contributed by atoms with Gasteiger partial charge in [0.15, 0.2) is 0 Å². The van der Waals surface area contributed by atoms with Crippen molar-refractivity contribution in [2.75, 3.05) is 6.54 Å². The molecule has 2 heterocycles. The summed E-state index contributed by atoms with van der Waals surface area (Å²) < 4.78 is 5.34. The Bertz CT molecular complexity index is 1120. The predicted octanol–water partition coefficient (Wildman–Crippen LogP) is 3.08. The first-order valence-corrected chi connectivity index (χ1v) is 9.99. The van der Waals surface area contributed by atoms with E-state index in [2.05, 4.69) is 10.1 Å². The van der Waals surface area contributed by atoms with Crippen LogP contribution in [0.5, 0.6) is 0 Å². The number of aryl methyl sites for hydroxylation is 1. The third kappa shape index (κ3) is 3.96. The molecule has 0 radical (unpaired) electrons. The molecule has 0 saturated heterocycles. The fourth-order valence-corrected chi connectivity index (χ4v) is 3.45. The summed E-state index contributed by atoms with van der Waals surface area (Å²) in [6, 6.07) is 14.1. The number of nitrogens with zero attached hydrogens (tertiary/aromatic N) is 4. The van der Waals surface area contributed by atoms with Gasteiger partial charge in [-0.1, -0.05) is 47.1 Å². The molecule has 0 atom stereocenters. The van der Waals surface area contributed by atoms with Gasteiger partial charge in [-0.15, -0.1) is 0 Å². The molecule has 2 aromatic carbocycles. The van der Waals surface area contributed by atoms with Gasteiger partial charge in [0.2, 0.25) is 17.6 Å². The molecule has 3 amide bonds. The summed E-state index contributed by atoms with van der Waals surface area (Å²) in [4.78, 5) is 45.0. The molecule has 0 unspecified atom stereocenters. The average molecular weight is 418 g/mol. The zero-order valence-corrected chi connectivity index (χ0v) is 17.5. The van der Waals surface area contributed by atoms with Crippen molar-refractivity contribution < 1.29 is 18.9 Å². The smallest absolute Gasteiger partial charge is 0.262 e. The molecule has 31 heavy (non-hydrogen) atoms. The lowest BCUT2D eigenvalue weighted by Crippen LogP contribution is -2.45. The highest BCUT2D eigenvalue weighted by atomic mass is 16.5. The van der Waals surface area contributed by atoms with Crippen LogP contribution in [0.25, 0.3) is 11.4 Å². The Balaban J connectivity index is 1.48. The Morgan fingerprint density at radius 1 is 1.03 bits per heavy atom. The van der Waals surface area contributed by atoms with Gasteiger partial charge in [-0.05, 0) is 32.9 Å². The molecule has 0 saturated carbocycles. The van der Waals surface area contributed by atoms with Gasteiger partial charge in [0, 0.05) is 11.6 Å². The molecule has 1 aliphatic rings. The molecule has 3 aromatic rings. The quantitative estimate of drug-likeness (QED) is 0.571. The number of hydrogen-bond donors (Lipinski definition) is 0. The number of aromatic nitrogens is 2. The van der Waals surface area contributed by atoms with Gasteiger partial charge < -0.3 is 9.42 Å². The van der Waals surface area contributed by atoms with Gasteiger partial charge in [0.05, 0.1) is 11.1 Å². The van der Waals surface area contributed by atoms with Crippen LogP contribution in [0.4, 0.5) is 0 Å². The third-order valence-corrected chi connectivity index (χ3v) is 5.20.